The lowest BCUT2D eigenvalue weighted by atomic mass is 10.3. The summed E-state index contributed by atoms with van der Waals surface area (Å²) in [7, 11) is 1.57. The standard InChI is InChI=1S/C11H9F3N4/c1-15-11-16-5-9(14)10(18-11)17-8-3-6(12)2-7(13)4-8/h2-5H,1H3,(H2,15,16,17,18). The van der Waals surface area contributed by atoms with Crippen LogP contribution in [0.3, 0.4) is 0 Å². The summed E-state index contributed by atoms with van der Waals surface area (Å²) in [6.45, 7) is 0. The fourth-order valence-electron chi connectivity index (χ4n) is 1.34. The van der Waals surface area contributed by atoms with Crippen molar-refractivity contribution in [2.45, 2.75) is 0 Å². The van der Waals surface area contributed by atoms with Gasteiger partial charge < -0.3 is 10.6 Å². The minimum atomic E-state index is -0.763. The quantitative estimate of drug-likeness (QED) is 0.884. The molecule has 0 spiro atoms. The first-order chi connectivity index (χ1) is 8.58. The topological polar surface area (TPSA) is 49.8 Å². The van der Waals surface area contributed by atoms with Crippen LogP contribution in [0.15, 0.2) is 24.4 Å². The summed E-state index contributed by atoms with van der Waals surface area (Å²) < 4.78 is 39.3. The Morgan fingerprint density at radius 3 is 2.33 bits per heavy atom. The van der Waals surface area contributed by atoms with Crippen LogP contribution in [0.5, 0.6) is 0 Å². The maximum Gasteiger partial charge on any atom is 0.224 e. The van der Waals surface area contributed by atoms with Crippen molar-refractivity contribution < 1.29 is 13.2 Å². The summed E-state index contributed by atoms with van der Waals surface area (Å²) in [5, 5.41) is 5.11. The Bertz CT molecular complexity index is 554. The smallest absolute Gasteiger partial charge is 0.224 e. The third kappa shape index (κ3) is 2.68. The van der Waals surface area contributed by atoms with Crippen molar-refractivity contribution in [3.8, 4) is 0 Å². The van der Waals surface area contributed by atoms with Gasteiger partial charge in [-0.3, -0.25) is 0 Å². The first kappa shape index (κ1) is 12.2. The van der Waals surface area contributed by atoms with E-state index in [-0.39, 0.29) is 17.5 Å². The van der Waals surface area contributed by atoms with E-state index in [1.54, 1.807) is 7.05 Å². The van der Waals surface area contributed by atoms with Gasteiger partial charge >= 0.3 is 0 Å². The molecule has 0 bridgehead atoms. The van der Waals surface area contributed by atoms with Gasteiger partial charge in [0.1, 0.15) is 11.6 Å². The Hall–Kier alpha value is -2.31. The second kappa shape index (κ2) is 4.91. The van der Waals surface area contributed by atoms with Gasteiger partial charge in [0.15, 0.2) is 11.6 Å². The number of anilines is 3. The van der Waals surface area contributed by atoms with Gasteiger partial charge in [-0.15, -0.1) is 0 Å². The molecule has 7 heteroatoms. The molecule has 0 atom stereocenters. The Morgan fingerprint density at radius 2 is 1.72 bits per heavy atom. The van der Waals surface area contributed by atoms with E-state index >= 15 is 0 Å². The van der Waals surface area contributed by atoms with Crippen LogP contribution in [0.1, 0.15) is 0 Å². The largest absolute Gasteiger partial charge is 0.357 e. The van der Waals surface area contributed by atoms with Crippen molar-refractivity contribution in [2.24, 2.45) is 0 Å². The van der Waals surface area contributed by atoms with Gasteiger partial charge in [0.2, 0.25) is 5.95 Å². The normalized spacial score (nSPS) is 10.2. The highest BCUT2D eigenvalue weighted by atomic mass is 19.1. The Kier molecular flexibility index (Phi) is 3.31. The minimum Gasteiger partial charge on any atom is -0.357 e. The molecular weight excluding hydrogens is 245 g/mol. The summed E-state index contributed by atoms with van der Waals surface area (Å²) in [6, 6.07) is 2.79. The Labute approximate surface area is 101 Å². The van der Waals surface area contributed by atoms with E-state index in [1.165, 1.54) is 0 Å². The fraction of sp³-hybridized carbons (Fsp3) is 0.0909. The highest BCUT2D eigenvalue weighted by Crippen LogP contribution is 2.20. The number of benzene rings is 1. The lowest BCUT2D eigenvalue weighted by Crippen LogP contribution is -2.03. The number of nitrogens with one attached hydrogen (secondary N) is 2. The maximum atomic E-state index is 13.4. The molecule has 0 aliphatic carbocycles. The van der Waals surface area contributed by atoms with Crippen LogP contribution >= 0.6 is 0 Å². The van der Waals surface area contributed by atoms with E-state index < -0.39 is 17.5 Å². The molecule has 1 aromatic heterocycles. The molecule has 0 aliphatic rings. The lowest BCUT2D eigenvalue weighted by molar-refractivity contribution is 0.584. The molecule has 2 aromatic rings. The predicted octanol–water partition coefficient (Wildman–Crippen LogP) is 2.68. The van der Waals surface area contributed by atoms with Crippen LogP contribution in [0.2, 0.25) is 0 Å². The van der Waals surface area contributed by atoms with Crippen molar-refractivity contribution in [2.75, 3.05) is 17.7 Å². The van der Waals surface area contributed by atoms with E-state index in [1.807, 2.05) is 0 Å². The number of nitrogens with zero attached hydrogens (tertiary/aromatic N) is 2. The molecule has 2 rings (SSSR count). The van der Waals surface area contributed by atoms with Crippen LogP contribution in [-0.2, 0) is 0 Å². The number of hydrogen-bond donors (Lipinski definition) is 2. The number of hydrogen-bond acceptors (Lipinski definition) is 4. The van der Waals surface area contributed by atoms with Crippen molar-refractivity contribution in [3.63, 3.8) is 0 Å². The Morgan fingerprint density at radius 1 is 1.06 bits per heavy atom. The average molecular weight is 254 g/mol. The number of rotatable bonds is 3. The molecule has 1 aromatic carbocycles. The third-order valence-corrected chi connectivity index (χ3v) is 2.09. The Balaban J connectivity index is 2.33. The summed E-state index contributed by atoms with van der Waals surface area (Å²) in [5.74, 6) is -2.23. The summed E-state index contributed by atoms with van der Waals surface area (Å²) in [4.78, 5) is 7.44. The molecule has 0 radical (unpaired) electrons. The van der Waals surface area contributed by atoms with Gasteiger partial charge in [-0.25, -0.2) is 18.2 Å². The molecule has 4 nitrogen and oxygen atoms in total. The van der Waals surface area contributed by atoms with E-state index in [0.29, 0.717) is 0 Å². The molecule has 18 heavy (non-hydrogen) atoms. The van der Waals surface area contributed by atoms with E-state index in [0.717, 1.165) is 24.4 Å². The average Bonchev–Trinajstić information content (AvgIpc) is 2.30. The predicted molar refractivity (Wildman–Crippen MR) is 61.2 cm³/mol. The molecule has 0 unspecified atom stereocenters. The molecule has 0 fully saturated rings. The van der Waals surface area contributed by atoms with Gasteiger partial charge in [0.25, 0.3) is 0 Å². The van der Waals surface area contributed by atoms with Gasteiger partial charge in [0.05, 0.1) is 6.20 Å². The van der Waals surface area contributed by atoms with Crippen molar-refractivity contribution in [3.05, 3.63) is 41.8 Å². The summed E-state index contributed by atoms with van der Waals surface area (Å²) in [5.41, 5.74) is 0.0622. The molecule has 0 aliphatic heterocycles. The molecule has 0 saturated carbocycles. The molecule has 2 N–H and O–H groups in total. The lowest BCUT2D eigenvalue weighted by Gasteiger charge is -2.08. The van der Waals surface area contributed by atoms with E-state index in [2.05, 4.69) is 20.6 Å². The van der Waals surface area contributed by atoms with Crippen LogP contribution in [0.4, 0.5) is 30.6 Å². The minimum absolute atomic E-state index is 0.0622. The number of halogens is 3. The van der Waals surface area contributed by atoms with Crippen LogP contribution in [-0.4, -0.2) is 17.0 Å². The maximum absolute atomic E-state index is 13.4. The van der Waals surface area contributed by atoms with Crippen LogP contribution in [0, 0.1) is 17.5 Å². The molecule has 0 amide bonds. The van der Waals surface area contributed by atoms with Crippen LogP contribution < -0.4 is 10.6 Å². The molecule has 94 valence electrons. The third-order valence-electron chi connectivity index (χ3n) is 2.09. The van der Waals surface area contributed by atoms with E-state index in [9.17, 15) is 13.2 Å². The summed E-state index contributed by atoms with van der Waals surface area (Å²) in [6.07, 6.45) is 0.955. The van der Waals surface area contributed by atoms with Crippen molar-refractivity contribution >= 4 is 17.5 Å². The monoisotopic (exact) mass is 254 g/mol. The first-order valence-electron chi connectivity index (χ1n) is 5.02. The zero-order valence-corrected chi connectivity index (χ0v) is 9.34. The highest BCUT2D eigenvalue weighted by Gasteiger charge is 2.08. The van der Waals surface area contributed by atoms with Crippen molar-refractivity contribution in [1.29, 1.82) is 0 Å². The number of aromatic nitrogens is 2. The second-order valence-electron chi connectivity index (χ2n) is 3.42. The molecule has 1 heterocycles. The van der Waals surface area contributed by atoms with Gasteiger partial charge in [0, 0.05) is 18.8 Å². The van der Waals surface area contributed by atoms with Crippen LogP contribution in [0.25, 0.3) is 0 Å². The van der Waals surface area contributed by atoms with Crippen molar-refractivity contribution in [1.82, 2.24) is 9.97 Å². The zero-order chi connectivity index (χ0) is 13.1. The zero-order valence-electron chi connectivity index (χ0n) is 9.34. The van der Waals surface area contributed by atoms with E-state index in [4.69, 9.17) is 0 Å². The SMILES string of the molecule is CNc1ncc(F)c(Nc2cc(F)cc(F)c2)n1. The first-order valence-corrected chi connectivity index (χ1v) is 5.02. The molecule has 0 saturated heterocycles. The van der Waals surface area contributed by atoms with Gasteiger partial charge in [-0.1, -0.05) is 0 Å². The second-order valence-corrected chi connectivity index (χ2v) is 3.42. The summed E-state index contributed by atoms with van der Waals surface area (Å²) >= 11 is 0. The van der Waals surface area contributed by atoms with Gasteiger partial charge in [-0.2, -0.15) is 4.98 Å². The van der Waals surface area contributed by atoms with Gasteiger partial charge in [-0.05, 0) is 12.1 Å². The highest BCUT2D eigenvalue weighted by molar-refractivity contribution is 5.57. The molecular formula is C11H9F3N4. The fourth-order valence-corrected chi connectivity index (χ4v) is 1.34.